The van der Waals surface area contributed by atoms with E-state index >= 15 is 0 Å². The molecule has 0 spiro atoms. The Kier molecular flexibility index (Phi) is 5.35. The summed E-state index contributed by atoms with van der Waals surface area (Å²) >= 11 is 0. The maximum Gasteiger partial charge on any atom is 0.274 e. The molecule has 0 N–H and O–H groups in total. The first-order valence-electron chi connectivity index (χ1n) is 10.6. The van der Waals surface area contributed by atoms with Gasteiger partial charge in [-0.05, 0) is 78.4 Å². The molecular formula is C26H21F2N3O. The fourth-order valence-corrected chi connectivity index (χ4v) is 4.55. The van der Waals surface area contributed by atoms with Crippen molar-refractivity contribution in [2.45, 2.75) is 25.3 Å². The number of pyridine rings is 1. The summed E-state index contributed by atoms with van der Waals surface area (Å²) in [6.45, 7) is 0. The summed E-state index contributed by atoms with van der Waals surface area (Å²) in [5.74, 6) is -0.811. The van der Waals surface area contributed by atoms with E-state index in [0.29, 0.717) is 5.56 Å². The van der Waals surface area contributed by atoms with Gasteiger partial charge in [-0.3, -0.25) is 9.78 Å². The Bertz CT molecular complexity index is 1190. The zero-order valence-corrected chi connectivity index (χ0v) is 17.3. The second-order valence-corrected chi connectivity index (χ2v) is 8.09. The molecule has 1 amide bonds. The van der Waals surface area contributed by atoms with E-state index in [9.17, 15) is 13.6 Å². The SMILES string of the molecule is O=C(c1ccncc1)N1N=C2/C(=C/c3ccc(F)cc3)CCC[C@@H]2[C@@H]1c1ccc(F)cc1. The number of carbonyl (C=O) groups is 1. The van der Waals surface area contributed by atoms with Crippen LogP contribution in [-0.4, -0.2) is 21.6 Å². The van der Waals surface area contributed by atoms with Crippen LogP contribution >= 0.6 is 0 Å². The van der Waals surface area contributed by atoms with Gasteiger partial charge in [-0.15, -0.1) is 0 Å². The van der Waals surface area contributed by atoms with E-state index in [1.54, 1.807) is 48.8 Å². The zero-order chi connectivity index (χ0) is 22.1. The number of aromatic nitrogens is 1. The lowest BCUT2D eigenvalue weighted by molar-refractivity contribution is 0.0680. The van der Waals surface area contributed by atoms with E-state index in [1.165, 1.54) is 29.3 Å². The Hall–Kier alpha value is -3.67. The van der Waals surface area contributed by atoms with Crippen molar-refractivity contribution in [2.24, 2.45) is 11.0 Å². The Labute approximate surface area is 184 Å². The van der Waals surface area contributed by atoms with Crippen LogP contribution in [0.25, 0.3) is 6.08 Å². The van der Waals surface area contributed by atoms with Crippen LogP contribution in [0, 0.1) is 17.6 Å². The Morgan fingerprint density at radius 2 is 1.59 bits per heavy atom. The van der Waals surface area contributed by atoms with Crippen molar-refractivity contribution in [3.8, 4) is 0 Å². The lowest BCUT2D eigenvalue weighted by Crippen LogP contribution is -2.31. The van der Waals surface area contributed by atoms with Crippen molar-refractivity contribution in [1.29, 1.82) is 0 Å². The van der Waals surface area contributed by atoms with E-state index in [0.717, 1.165) is 41.7 Å². The van der Waals surface area contributed by atoms with E-state index < -0.39 is 0 Å². The van der Waals surface area contributed by atoms with Crippen LogP contribution in [0.3, 0.4) is 0 Å². The van der Waals surface area contributed by atoms with Gasteiger partial charge in [-0.1, -0.05) is 24.3 Å². The van der Waals surface area contributed by atoms with Crippen LogP contribution in [0.5, 0.6) is 0 Å². The number of nitrogens with zero attached hydrogens (tertiary/aromatic N) is 3. The smallest absolute Gasteiger partial charge is 0.267 e. The summed E-state index contributed by atoms with van der Waals surface area (Å²) in [4.78, 5) is 17.4. The molecule has 1 aliphatic carbocycles. The van der Waals surface area contributed by atoms with Crippen LogP contribution < -0.4 is 0 Å². The van der Waals surface area contributed by atoms with Crippen molar-refractivity contribution in [2.75, 3.05) is 0 Å². The third-order valence-electron chi connectivity index (χ3n) is 6.06. The summed E-state index contributed by atoms with van der Waals surface area (Å²) in [6, 6.07) is 15.6. The van der Waals surface area contributed by atoms with Crippen molar-refractivity contribution in [3.63, 3.8) is 0 Å². The highest BCUT2D eigenvalue weighted by Crippen LogP contribution is 2.44. The first-order chi connectivity index (χ1) is 15.6. The number of rotatable bonds is 3. The third kappa shape index (κ3) is 3.84. The second kappa shape index (κ2) is 8.46. The van der Waals surface area contributed by atoms with Crippen molar-refractivity contribution < 1.29 is 13.6 Å². The largest absolute Gasteiger partial charge is 0.274 e. The molecule has 160 valence electrons. The van der Waals surface area contributed by atoms with Gasteiger partial charge >= 0.3 is 0 Å². The van der Waals surface area contributed by atoms with Crippen LogP contribution in [0.1, 0.15) is 46.8 Å². The fraction of sp³-hybridized carbons (Fsp3) is 0.192. The molecule has 2 atom stereocenters. The van der Waals surface area contributed by atoms with Gasteiger partial charge in [-0.2, -0.15) is 5.10 Å². The molecule has 2 heterocycles. The first kappa shape index (κ1) is 20.2. The number of hydrogen-bond donors (Lipinski definition) is 0. The standard InChI is InChI=1S/C26H21F2N3O/c27-21-8-4-17(5-9-21)16-20-2-1-3-23-24(20)30-31(26(32)19-12-14-29-15-13-19)25(23)18-6-10-22(28)11-7-18/h4-16,23,25H,1-3H2/b20-16+/t23-,25-/m0/s1. The van der Waals surface area contributed by atoms with E-state index in [-0.39, 0.29) is 29.5 Å². The van der Waals surface area contributed by atoms with E-state index in [1.807, 2.05) is 6.08 Å². The molecule has 32 heavy (non-hydrogen) atoms. The number of benzene rings is 2. The molecule has 5 rings (SSSR count). The third-order valence-corrected chi connectivity index (χ3v) is 6.06. The van der Waals surface area contributed by atoms with Crippen LogP contribution in [-0.2, 0) is 0 Å². The number of carbonyl (C=O) groups excluding carboxylic acids is 1. The van der Waals surface area contributed by atoms with Gasteiger partial charge < -0.3 is 0 Å². The highest BCUT2D eigenvalue weighted by atomic mass is 19.1. The fourth-order valence-electron chi connectivity index (χ4n) is 4.55. The second-order valence-electron chi connectivity index (χ2n) is 8.09. The molecule has 0 saturated heterocycles. The Morgan fingerprint density at radius 3 is 2.28 bits per heavy atom. The number of fused-ring (bicyclic) bond motifs is 1. The molecule has 4 nitrogen and oxygen atoms in total. The summed E-state index contributed by atoms with van der Waals surface area (Å²) in [5, 5.41) is 6.34. The molecule has 1 aliphatic heterocycles. The summed E-state index contributed by atoms with van der Waals surface area (Å²) in [7, 11) is 0. The molecular weight excluding hydrogens is 408 g/mol. The predicted octanol–water partition coefficient (Wildman–Crippen LogP) is 5.80. The van der Waals surface area contributed by atoms with Crippen molar-refractivity contribution in [3.05, 3.63) is 107 Å². The number of allylic oxidation sites excluding steroid dienone is 1. The highest BCUT2D eigenvalue weighted by molar-refractivity contribution is 6.09. The topological polar surface area (TPSA) is 45.6 Å². The van der Waals surface area contributed by atoms with Crippen LogP contribution in [0.2, 0.25) is 0 Å². The lowest BCUT2D eigenvalue weighted by Gasteiger charge is -2.29. The number of halogens is 2. The van der Waals surface area contributed by atoms with E-state index in [2.05, 4.69) is 4.98 Å². The van der Waals surface area contributed by atoms with Crippen molar-refractivity contribution >= 4 is 17.7 Å². The normalized spacial score (nSPS) is 21.4. The molecule has 0 bridgehead atoms. The first-order valence-corrected chi connectivity index (χ1v) is 10.6. The molecule has 2 aromatic carbocycles. The van der Waals surface area contributed by atoms with Gasteiger partial charge in [-0.25, -0.2) is 13.8 Å². The number of hydrogen-bond acceptors (Lipinski definition) is 3. The maximum atomic E-state index is 13.6. The molecule has 3 aromatic rings. The molecule has 0 unspecified atom stereocenters. The minimum Gasteiger partial charge on any atom is -0.267 e. The monoisotopic (exact) mass is 429 g/mol. The Balaban J connectivity index is 1.57. The Morgan fingerprint density at radius 1 is 0.938 bits per heavy atom. The summed E-state index contributed by atoms with van der Waals surface area (Å²) in [5.41, 5.74) is 4.16. The van der Waals surface area contributed by atoms with Gasteiger partial charge in [0.25, 0.3) is 5.91 Å². The van der Waals surface area contributed by atoms with Gasteiger partial charge in [0.1, 0.15) is 11.6 Å². The molecule has 1 saturated carbocycles. The molecule has 1 aromatic heterocycles. The average Bonchev–Trinajstić information content (AvgIpc) is 3.22. The number of hydrazone groups is 1. The maximum absolute atomic E-state index is 13.6. The van der Waals surface area contributed by atoms with Crippen LogP contribution in [0.4, 0.5) is 8.78 Å². The minimum atomic E-state index is -0.319. The minimum absolute atomic E-state index is 0.00620. The van der Waals surface area contributed by atoms with Gasteiger partial charge in [0.2, 0.25) is 0 Å². The number of amides is 1. The zero-order valence-electron chi connectivity index (χ0n) is 17.3. The molecule has 6 heteroatoms. The van der Waals surface area contributed by atoms with Crippen molar-refractivity contribution in [1.82, 2.24) is 9.99 Å². The molecule has 0 radical (unpaired) electrons. The quantitative estimate of drug-likeness (QED) is 0.529. The summed E-state index contributed by atoms with van der Waals surface area (Å²) in [6.07, 6.45) is 7.84. The predicted molar refractivity (Wildman–Crippen MR) is 119 cm³/mol. The summed E-state index contributed by atoms with van der Waals surface area (Å²) < 4.78 is 26.9. The van der Waals surface area contributed by atoms with E-state index in [4.69, 9.17) is 5.10 Å². The van der Waals surface area contributed by atoms with Crippen LogP contribution in [0.15, 0.2) is 83.7 Å². The van der Waals surface area contributed by atoms with Gasteiger partial charge in [0.15, 0.2) is 0 Å². The molecule has 1 fully saturated rings. The highest BCUT2D eigenvalue weighted by Gasteiger charge is 2.43. The van der Waals surface area contributed by atoms with Gasteiger partial charge in [0, 0.05) is 23.9 Å². The lowest BCUT2D eigenvalue weighted by atomic mass is 9.77. The molecule has 2 aliphatic rings. The average molecular weight is 429 g/mol. The van der Waals surface area contributed by atoms with Gasteiger partial charge in [0.05, 0.1) is 11.8 Å².